The van der Waals surface area contributed by atoms with Crippen molar-refractivity contribution in [3.63, 3.8) is 0 Å². The fourth-order valence-corrected chi connectivity index (χ4v) is 4.42. The van der Waals surface area contributed by atoms with E-state index in [2.05, 4.69) is 10.0 Å². The van der Waals surface area contributed by atoms with Crippen LogP contribution < -0.4 is 10.0 Å². The molecule has 0 saturated heterocycles. The quantitative estimate of drug-likeness (QED) is 0.513. The van der Waals surface area contributed by atoms with Crippen molar-refractivity contribution in [1.82, 2.24) is 0 Å². The number of hydrogen-bond acceptors (Lipinski definition) is 5. The molecule has 0 fully saturated rings. The van der Waals surface area contributed by atoms with E-state index < -0.39 is 21.9 Å². The van der Waals surface area contributed by atoms with Gasteiger partial charge in [-0.3, -0.25) is 9.52 Å². The SMILES string of the molecule is CCOC(=O)c1ccc(NC(=O)c2ccc(C)c(S(=O)(=O)Nc3ccccc3)c2)c(C)c1. The van der Waals surface area contributed by atoms with Crippen LogP contribution in [-0.2, 0) is 14.8 Å². The Morgan fingerprint density at radius 2 is 1.56 bits per heavy atom. The number of anilines is 2. The van der Waals surface area contributed by atoms with Crippen LogP contribution in [0.25, 0.3) is 0 Å². The van der Waals surface area contributed by atoms with Gasteiger partial charge in [0.1, 0.15) is 0 Å². The molecule has 1 amide bonds. The molecule has 0 unspecified atom stereocenters. The van der Waals surface area contributed by atoms with Crippen LogP contribution in [0, 0.1) is 13.8 Å². The number of ether oxygens (including phenoxy) is 1. The van der Waals surface area contributed by atoms with Crippen LogP contribution in [-0.4, -0.2) is 26.9 Å². The lowest BCUT2D eigenvalue weighted by atomic mass is 10.1. The maximum atomic E-state index is 12.9. The molecule has 166 valence electrons. The second-order valence-corrected chi connectivity index (χ2v) is 8.81. The van der Waals surface area contributed by atoms with Crippen molar-refractivity contribution in [3.8, 4) is 0 Å². The lowest BCUT2D eigenvalue weighted by Crippen LogP contribution is -2.17. The monoisotopic (exact) mass is 452 g/mol. The number of sulfonamides is 1. The van der Waals surface area contributed by atoms with Crippen molar-refractivity contribution in [3.05, 3.63) is 89.0 Å². The molecular formula is C24H24N2O5S. The van der Waals surface area contributed by atoms with E-state index in [-0.39, 0.29) is 17.1 Å². The maximum absolute atomic E-state index is 12.9. The summed E-state index contributed by atoms with van der Waals surface area (Å²) in [6, 6.07) is 17.8. The Labute approximate surface area is 187 Å². The summed E-state index contributed by atoms with van der Waals surface area (Å²) in [5, 5.41) is 2.77. The molecule has 0 aromatic heterocycles. The van der Waals surface area contributed by atoms with Gasteiger partial charge in [-0.25, -0.2) is 13.2 Å². The zero-order chi connectivity index (χ0) is 23.3. The second kappa shape index (κ2) is 9.65. The molecule has 0 atom stereocenters. The molecule has 0 saturated carbocycles. The van der Waals surface area contributed by atoms with Crippen LogP contribution in [0.3, 0.4) is 0 Å². The number of rotatable bonds is 7. The first-order chi connectivity index (χ1) is 15.2. The van der Waals surface area contributed by atoms with Gasteiger partial charge in [0.05, 0.1) is 17.1 Å². The minimum Gasteiger partial charge on any atom is -0.462 e. The van der Waals surface area contributed by atoms with Gasteiger partial charge in [-0.2, -0.15) is 0 Å². The molecule has 0 spiro atoms. The van der Waals surface area contributed by atoms with Gasteiger partial charge in [-0.1, -0.05) is 24.3 Å². The molecule has 3 rings (SSSR count). The van der Waals surface area contributed by atoms with Crippen LogP contribution in [0.4, 0.5) is 11.4 Å². The molecule has 3 aromatic rings. The van der Waals surface area contributed by atoms with E-state index in [1.807, 2.05) is 0 Å². The van der Waals surface area contributed by atoms with E-state index in [0.717, 1.165) is 0 Å². The number of benzene rings is 3. The molecule has 3 aromatic carbocycles. The molecule has 7 nitrogen and oxygen atoms in total. The predicted molar refractivity (Wildman–Crippen MR) is 124 cm³/mol. The lowest BCUT2D eigenvalue weighted by Gasteiger charge is -2.13. The number of aryl methyl sites for hydroxylation is 2. The minimum atomic E-state index is -3.88. The van der Waals surface area contributed by atoms with Crippen LogP contribution in [0.15, 0.2) is 71.6 Å². The zero-order valence-corrected chi connectivity index (χ0v) is 18.8. The molecule has 0 aliphatic rings. The van der Waals surface area contributed by atoms with Gasteiger partial charge in [0.15, 0.2) is 0 Å². The summed E-state index contributed by atoms with van der Waals surface area (Å²) < 4.78 is 33.3. The van der Waals surface area contributed by atoms with Gasteiger partial charge in [0.25, 0.3) is 15.9 Å². The Morgan fingerprint density at radius 1 is 0.875 bits per heavy atom. The van der Waals surface area contributed by atoms with E-state index in [1.54, 1.807) is 81.4 Å². The molecule has 8 heteroatoms. The number of para-hydroxylation sites is 1. The molecule has 32 heavy (non-hydrogen) atoms. The third-order valence-electron chi connectivity index (χ3n) is 4.75. The van der Waals surface area contributed by atoms with Crippen LogP contribution in [0.5, 0.6) is 0 Å². The first kappa shape index (κ1) is 23.0. The van der Waals surface area contributed by atoms with Crippen molar-refractivity contribution < 1.29 is 22.7 Å². The van der Waals surface area contributed by atoms with Gasteiger partial charge < -0.3 is 10.1 Å². The van der Waals surface area contributed by atoms with Crippen molar-refractivity contribution in [2.45, 2.75) is 25.7 Å². The van der Waals surface area contributed by atoms with E-state index in [4.69, 9.17) is 4.74 Å². The Hall–Kier alpha value is -3.65. The number of hydrogen-bond donors (Lipinski definition) is 2. The number of carbonyl (C=O) groups is 2. The average molecular weight is 453 g/mol. The second-order valence-electron chi connectivity index (χ2n) is 7.16. The summed E-state index contributed by atoms with van der Waals surface area (Å²) in [5.74, 6) is -0.902. The van der Waals surface area contributed by atoms with Crippen LogP contribution >= 0.6 is 0 Å². The van der Waals surface area contributed by atoms with Gasteiger partial charge in [-0.05, 0) is 74.4 Å². The summed E-state index contributed by atoms with van der Waals surface area (Å²) in [7, 11) is -3.88. The smallest absolute Gasteiger partial charge is 0.338 e. The summed E-state index contributed by atoms with van der Waals surface area (Å²) in [6.45, 7) is 5.42. The largest absolute Gasteiger partial charge is 0.462 e. The van der Waals surface area contributed by atoms with E-state index in [1.165, 1.54) is 6.07 Å². The first-order valence-electron chi connectivity index (χ1n) is 9.99. The highest BCUT2D eigenvalue weighted by atomic mass is 32.2. The summed E-state index contributed by atoms with van der Waals surface area (Å²) >= 11 is 0. The fourth-order valence-electron chi connectivity index (χ4n) is 3.09. The van der Waals surface area contributed by atoms with Gasteiger partial charge in [-0.15, -0.1) is 0 Å². The Bertz CT molecular complexity index is 1250. The van der Waals surface area contributed by atoms with Gasteiger partial charge in [0.2, 0.25) is 0 Å². The molecule has 0 radical (unpaired) electrons. The van der Waals surface area contributed by atoms with Crippen LogP contribution in [0.1, 0.15) is 38.8 Å². The highest BCUT2D eigenvalue weighted by Crippen LogP contribution is 2.23. The van der Waals surface area contributed by atoms with E-state index in [9.17, 15) is 18.0 Å². The van der Waals surface area contributed by atoms with Gasteiger partial charge in [0, 0.05) is 16.9 Å². The number of carbonyl (C=O) groups excluding carboxylic acids is 2. The molecular weight excluding hydrogens is 428 g/mol. The molecule has 0 aliphatic heterocycles. The number of nitrogens with one attached hydrogen (secondary N) is 2. The first-order valence-corrected chi connectivity index (χ1v) is 11.5. The molecule has 0 heterocycles. The van der Waals surface area contributed by atoms with Crippen molar-refractivity contribution in [2.75, 3.05) is 16.6 Å². The zero-order valence-electron chi connectivity index (χ0n) is 18.0. The highest BCUT2D eigenvalue weighted by molar-refractivity contribution is 7.92. The van der Waals surface area contributed by atoms with Crippen molar-refractivity contribution >= 4 is 33.3 Å². The average Bonchev–Trinajstić information content (AvgIpc) is 2.75. The van der Waals surface area contributed by atoms with Crippen molar-refractivity contribution in [2.24, 2.45) is 0 Å². The summed E-state index contributed by atoms with van der Waals surface area (Å²) in [5.41, 5.74) is 2.71. The topological polar surface area (TPSA) is 102 Å². The lowest BCUT2D eigenvalue weighted by molar-refractivity contribution is 0.0526. The molecule has 0 bridgehead atoms. The highest BCUT2D eigenvalue weighted by Gasteiger charge is 2.20. The normalized spacial score (nSPS) is 11.0. The Morgan fingerprint density at radius 3 is 2.22 bits per heavy atom. The summed E-state index contributed by atoms with van der Waals surface area (Å²) in [6.07, 6.45) is 0. The Balaban J connectivity index is 1.83. The van der Waals surface area contributed by atoms with Crippen LogP contribution in [0.2, 0.25) is 0 Å². The maximum Gasteiger partial charge on any atom is 0.338 e. The third kappa shape index (κ3) is 5.33. The summed E-state index contributed by atoms with van der Waals surface area (Å²) in [4.78, 5) is 24.7. The van der Waals surface area contributed by atoms with E-state index >= 15 is 0 Å². The van der Waals surface area contributed by atoms with E-state index in [0.29, 0.717) is 28.1 Å². The number of esters is 1. The number of amides is 1. The van der Waals surface area contributed by atoms with Gasteiger partial charge >= 0.3 is 5.97 Å². The fraction of sp³-hybridized carbons (Fsp3) is 0.167. The standard InChI is InChI=1S/C24H24N2O5S/c1-4-31-24(28)19-12-13-21(17(3)14-19)25-23(27)18-11-10-16(2)22(15-18)32(29,30)26-20-8-6-5-7-9-20/h5-15,26H,4H2,1-3H3,(H,25,27). The molecule has 2 N–H and O–H groups in total. The minimum absolute atomic E-state index is 0.0170. The predicted octanol–water partition coefficient (Wildman–Crippen LogP) is 4.53. The third-order valence-corrected chi connectivity index (χ3v) is 6.27. The van der Waals surface area contributed by atoms with Crippen molar-refractivity contribution in [1.29, 1.82) is 0 Å². The molecule has 0 aliphatic carbocycles. The Kier molecular flexibility index (Phi) is 6.95.